The highest BCUT2D eigenvalue weighted by Crippen LogP contribution is 2.58. The van der Waals surface area contributed by atoms with Crippen LogP contribution in [0.15, 0.2) is 32.4 Å². The van der Waals surface area contributed by atoms with Gasteiger partial charge in [0.2, 0.25) is 11.7 Å². The molecule has 1 aliphatic carbocycles. The van der Waals surface area contributed by atoms with Crippen molar-refractivity contribution in [1.82, 2.24) is 20.6 Å². The van der Waals surface area contributed by atoms with E-state index in [0.29, 0.717) is 16.5 Å². The third-order valence-electron chi connectivity index (χ3n) is 6.28. The molecule has 12 heteroatoms. The van der Waals surface area contributed by atoms with Gasteiger partial charge in [-0.2, -0.15) is 0 Å². The van der Waals surface area contributed by atoms with E-state index in [0.717, 1.165) is 0 Å². The Morgan fingerprint density at radius 1 is 1.00 bits per heavy atom. The quantitative estimate of drug-likeness (QED) is 0.318. The fourth-order valence-electron chi connectivity index (χ4n) is 4.99. The molecule has 162 valence electrons. The Kier molecular flexibility index (Phi) is 3.51. The van der Waals surface area contributed by atoms with Crippen LogP contribution in [0, 0.1) is 11.8 Å². The van der Waals surface area contributed by atoms with Crippen molar-refractivity contribution in [3.8, 4) is 22.8 Å². The number of imide groups is 1. The molecule has 0 radical (unpaired) electrons. The molecule has 1 saturated carbocycles. The molecule has 3 aliphatic rings. The highest BCUT2D eigenvalue weighted by molar-refractivity contribution is 6.04. The van der Waals surface area contributed by atoms with Gasteiger partial charge in [-0.05, 0) is 6.07 Å². The van der Waals surface area contributed by atoms with Gasteiger partial charge in [-0.1, -0.05) is 0 Å². The van der Waals surface area contributed by atoms with Gasteiger partial charge in [0.1, 0.15) is 6.26 Å². The lowest BCUT2D eigenvalue weighted by molar-refractivity contribution is -0.155. The van der Waals surface area contributed by atoms with Crippen molar-refractivity contribution in [2.75, 3.05) is 7.11 Å². The number of methoxy groups -OCH3 is 1. The van der Waals surface area contributed by atoms with E-state index in [1.807, 2.05) is 0 Å². The Morgan fingerprint density at radius 2 is 1.81 bits per heavy atom. The molecule has 3 aromatic rings. The molecule has 3 amide bonds. The number of rotatable bonds is 2. The van der Waals surface area contributed by atoms with Gasteiger partial charge >= 0.3 is 17.7 Å². The van der Waals surface area contributed by atoms with E-state index >= 15 is 0 Å². The number of carbonyl (C=O) groups is 3. The number of aromatic amines is 2. The molecule has 6 rings (SSSR count). The monoisotopic (exact) mass is 438 g/mol. The van der Waals surface area contributed by atoms with Crippen LogP contribution in [0.5, 0.6) is 11.5 Å². The van der Waals surface area contributed by atoms with E-state index in [4.69, 9.17) is 13.9 Å². The number of fused-ring (bicyclic) bond motifs is 7. The van der Waals surface area contributed by atoms with Crippen LogP contribution < -0.4 is 31.4 Å². The molecule has 4 atom stereocenters. The Morgan fingerprint density at radius 3 is 2.56 bits per heavy atom. The van der Waals surface area contributed by atoms with Crippen LogP contribution in [0.25, 0.3) is 22.2 Å². The van der Waals surface area contributed by atoms with Gasteiger partial charge in [0, 0.05) is 28.5 Å². The minimum atomic E-state index is -0.737. The molecule has 2 fully saturated rings. The van der Waals surface area contributed by atoms with Crippen LogP contribution in [0.2, 0.25) is 0 Å². The van der Waals surface area contributed by atoms with Crippen molar-refractivity contribution < 1.29 is 28.3 Å². The fourth-order valence-corrected chi connectivity index (χ4v) is 4.99. The summed E-state index contributed by atoms with van der Waals surface area (Å²) in [5.41, 5.74) is 0.131. The number of H-pyrrole nitrogens is 2. The maximum Gasteiger partial charge on any atom is 0.326 e. The van der Waals surface area contributed by atoms with Crippen LogP contribution in [-0.4, -0.2) is 41.0 Å². The zero-order valence-electron chi connectivity index (χ0n) is 16.3. The van der Waals surface area contributed by atoms with Gasteiger partial charge in [0.05, 0.1) is 30.7 Å². The third-order valence-corrected chi connectivity index (χ3v) is 6.28. The second-order valence-corrected chi connectivity index (χ2v) is 7.84. The number of nitrogens with one attached hydrogen (secondary N) is 4. The first-order valence-electron chi connectivity index (χ1n) is 9.66. The molecule has 4 heterocycles. The molecule has 32 heavy (non-hydrogen) atoms. The summed E-state index contributed by atoms with van der Waals surface area (Å²) in [7, 11) is 1.38. The van der Waals surface area contributed by atoms with E-state index in [1.165, 1.54) is 19.4 Å². The maximum absolute atomic E-state index is 12.7. The van der Waals surface area contributed by atoms with E-state index in [2.05, 4.69) is 20.6 Å². The minimum Gasteiger partial charge on any atom is -0.490 e. The predicted molar refractivity (Wildman–Crippen MR) is 105 cm³/mol. The summed E-state index contributed by atoms with van der Waals surface area (Å²) < 4.78 is 16.7. The second-order valence-electron chi connectivity index (χ2n) is 7.84. The van der Waals surface area contributed by atoms with E-state index < -0.39 is 53.0 Å². The molecule has 1 aromatic carbocycles. The molecule has 12 nitrogen and oxygen atoms in total. The summed E-state index contributed by atoms with van der Waals surface area (Å²) in [6.07, 6.45) is 1.35. The summed E-state index contributed by atoms with van der Waals surface area (Å²) in [5.74, 6) is -2.74. The van der Waals surface area contributed by atoms with Gasteiger partial charge in [0.25, 0.3) is 5.56 Å². The summed E-state index contributed by atoms with van der Waals surface area (Å²) in [5, 5.41) is 5.34. The molecule has 2 aliphatic heterocycles. The van der Waals surface area contributed by atoms with Crippen LogP contribution in [0.4, 0.5) is 4.79 Å². The molecule has 1 saturated heterocycles. The lowest BCUT2D eigenvalue weighted by Gasteiger charge is -2.53. The van der Waals surface area contributed by atoms with Crippen molar-refractivity contribution in [3.05, 3.63) is 44.8 Å². The van der Waals surface area contributed by atoms with Crippen LogP contribution in [-0.2, 0) is 9.59 Å². The lowest BCUT2D eigenvalue weighted by atomic mass is 9.56. The van der Waals surface area contributed by atoms with Crippen LogP contribution in [0.1, 0.15) is 11.5 Å². The fraction of sp³-hybridized carbons (Fsp3) is 0.250. The van der Waals surface area contributed by atoms with Crippen molar-refractivity contribution in [3.63, 3.8) is 0 Å². The van der Waals surface area contributed by atoms with Crippen LogP contribution in [0.3, 0.4) is 0 Å². The third kappa shape index (κ3) is 2.28. The van der Waals surface area contributed by atoms with Crippen molar-refractivity contribution in [1.29, 1.82) is 0 Å². The Bertz CT molecular complexity index is 1450. The number of furan rings is 1. The van der Waals surface area contributed by atoms with Crippen molar-refractivity contribution in [2.45, 2.75) is 12.0 Å². The molecule has 4 unspecified atom stereocenters. The molecule has 0 bridgehead atoms. The van der Waals surface area contributed by atoms with E-state index in [-0.39, 0.29) is 22.8 Å². The average Bonchev–Trinajstić information content (AvgIpc) is 3.12. The van der Waals surface area contributed by atoms with Gasteiger partial charge < -0.3 is 24.2 Å². The van der Waals surface area contributed by atoms with Crippen LogP contribution >= 0.6 is 0 Å². The van der Waals surface area contributed by atoms with Gasteiger partial charge in [-0.3, -0.25) is 24.7 Å². The lowest BCUT2D eigenvalue weighted by Crippen LogP contribution is -2.72. The first-order chi connectivity index (χ1) is 15.4. The molecule has 0 spiro atoms. The normalized spacial score (nSPS) is 25.6. The molecular formula is C20H14N4O8. The number of aromatic nitrogens is 2. The number of hydrogen-bond acceptors (Lipinski definition) is 8. The van der Waals surface area contributed by atoms with Crippen molar-refractivity contribution in [2.24, 2.45) is 11.8 Å². The average molecular weight is 438 g/mol. The zero-order chi connectivity index (χ0) is 22.3. The van der Waals surface area contributed by atoms with Gasteiger partial charge in [0.15, 0.2) is 11.3 Å². The summed E-state index contributed by atoms with van der Waals surface area (Å²) in [6, 6.07) is 1.58. The largest absolute Gasteiger partial charge is 0.490 e. The number of hydrogen-bond donors (Lipinski definition) is 4. The van der Waals surface area contributed by atoms with Crippen molar-refractivity contribution >= 4 is 28.9 Å². The van der Waals surface area contributed by atoms with E-state index in [9.17, 15) is 24.0 Å². The summed E-state index contributed by atoms with van der Waals surface area (Å²) in [4.78, 5) is 65.1. The predicted octanol–water partition coefficient (Wildman–Crippen LogP) is -0.0584. The number of amides is 3. The number of esters is 1. The number of ether oxygens (including phenoxy) is 2. The highest BCUT2D eigenvalue weighted by Gasteiger charge is 2.64. The summed E-state index contributed by atoms with van der Waals surface area (Å²) in [6.45, 7) is 0. The highest BCUT2D eigenvalue weighted by atomic mass is 16.6. The first kappa shape index (κ1) is 18.4. The van der Waals surface area contributed by atoms with E-state index in [1.54, 1.807) is 6.07 Å². The Hall–Kier alpha value is -4.35. The molecule has 2 aromatic heterocycles. The molecule has 4 N–H and O–H groups in total. The Balaban J connectivity index is 1.58. The first-order valence-corrected chi connectivity index (χ1v) is 9.66. The zero-order valence-corrected chi connectivity index (χ0v) is 16.3. The number of benzene rings is 1. The number of urea groups is 1. The summed E-state index contributed by atoms with van der Waals surface area (Å²) >= 11 is 0. The Labute approximate surface area is 176 Å². The smallest absolute Gasteiger partial charge is 0.326 e. The SMILES string of the molecule is COc1c2c(cc3c(-c4cc(=O)[nH]c(=O)[nH]4)coc13)C1C3C(=O)NC(=O)NC3C1C(=O)O2. The maximum atomic E-state index is 12.7. The van der Waals surface area contributed by atoms with Gasteiger partial charge in [-0.15, -0.1) is 0 Å². The topological polar surface area (TPSA) is 173 Å². The van der Waals surface area contributed by atoms with Gasteiger partial charge in [-0.25, -0.2) is 9.59 Å². The standard InChI is InChI=1S/C20H14N4O8/c1-30-16-14-5(7(4-31-14)8-3-9(25)22-19(28)21-8)2-6-10-11-13(23-20(29)24-17(11)26)12(10)18(27)32-15(6)16/h2-4,10-13H,1H3,(H2,21,22,25,28)(H2,23,24,26,29). The number of carbonyl (C=O) groups excluding carboxylic acids is 3. The molecular weight excluding hydrogens is 424 g/mol. The minimum absolute atomic E-state index is 0.134. The second kappa shape index (κ2) is 6.09.